The molecule has 8 rings (SSSR count). The predicted molar refractivity (Wildman–Crippen MR) is 481 cm³/mol. The maximum absolute atomic E-state index is 14.6. The number of nitrogens with zero attached hydrogens (tertiary/aromatic N) is 2. The summed E-state index contributed by atoms with van der Waals surface area (Å²) in [5, 5.41) is 86.4. The molecule has 5 aromatic carbocycles. The molecule has 3 aliphatic heterocycles. The van der Waals surface area contributed by atoms with Crippen LogP contribution in [0, 0.1) is 22.2 Å². The Morgan fingerprint density at radius 3 is 1.53 bits per heavy atom. The highest BCUT2D eigenvalue weighted by atomic mass is 32.2. The monoisotopic (exact) mass is 1810 g/mol. The molecule has 128 heavy (non-hydrogen) atoms. The summed E-state index contributed by atoms with van der Waals surface area (Å²) in [5.74, 6) is -10.6. The average Bonchev–Trinajstić information content (AvgIpc) is 1.11. The number of carboxylic acid groups (broad SMARTS) is 1. The van der Waals surface area contributed by atoms with Crippen molar-refractivity contribution < 1.29 is 114 Å². The van der Waals surface area contributed by atoms with Crippen molar-refractivity contribution in [2.75, 3.05) is 63.9 Å². The van der Waals surface area contributed by atoms with Gasteiger partial charge in [-0.1, -0.05) is 141 Å². The number of sulfonamides is 1. The van der Waals surface area contributed by atoms with Gasteiger partial charge in [0.1, 0.15) is 49.5 Å². The minimum atomic E-state index is -4.34. The van der Waals surface area contributed by atoms with Gasteiger partial charge in [0.05, 0.1) is 86.0 Å². The Hall–Kier alpha value is -10.8. The number of unbranched alkanes of at least 4 members (excludes halogenated alkanes) is 3. The highest BCUT2D eigenvalue weighted by Gasteiger charge is 2.63. The lowest BCUT2D eigenvalue weighted by molar-refractivity contribution is -0.436. The molecule has 16 N–H and O–H groups in total. The van der Waals surface area contributed by atoms with Crippen molar-refractivity contribution >= 4 is 124 Å². The number of hydrogen-bond acceptors (Lipinski definition) is 21. The zero-order valence-electron chi connectivity index (χ0n) is 74.6. The molecule has 36 heteroatoms. The van der Waals surface area contributed by atoms with Gasteiger partial charge in [-0.15, -0.1) is 0 Å². The van der Waals surface area contributed by atoms with Gasteiger partial charge < -0.3 is 87.8 Å². The Kier molecular flexibility index (Phi) is 36.0. The molecule has 3 heterocycles. The maximum atomic E-state index is 14.6. The van der Waals surface area contributed by atoms with Crippen LogP contribution >= 0.6 is 0 Å². The van der Waals surface area contributed by atoms with Crippen LogP contribution in [-0.2, 0) is 90.1 Å². The lowest BCUT2D eigenvalue weighted by Crippen LogP contribution is -2.65. The number of amides is 9. The Labute approximate surface area is 747 Å². The van der Waals surface area contributed by atoms with Crippen LogP contribution < -0.4 is 52.6 Å². The van der Waals surface area contributed by atoms with Crippen LogP contribution in [0.4, 0.5) is 11.4 Å². The Morgan fingerprint density at radius 2 is 1.00 bits per heavy atom. The average molecular weight is 1820 g/mol. The Balaban J connectivity index is 0.825. The summed E-state index contributed by atoms with van der Waals surface area (Å²) in [6.45, 7) is 17.7. The second-order valence-corrected chi connectivity index (χ2v) is 38.8. The third-order valence-electron chi connectivity index (χ3n) is 24.1. The van der Waals surface area contributed by atoms with Gasteiger partial charge >= 0.3 is 5.97 Å². The van der Waals surface area contributed by atoms with Gasteiger partial charge in [-0.05, 0) is 142 Å². The predicted octanol–water partition coefficient (Wildman–Crippen LogP) is 3.59. The number of nitrogens with one attached hydrogen (secondary N) is 10. The SMILES string of the molecule is CC(C)CC(NC(=O)C(Cc1ccccc1)NC(=O)CNC(=O)C(C)(C)C(C)(C(=O)NCC(=O)NCC(=O)NC1C(O)OC(O)C(O)C1O)C(C)(C)C(=O)NCC(C)O)C(=O)NCC(=O)NC(CCCCNS(=O)(=O)CCCC[N+]1=C(/C=C/C=C/C=C/C=C/C2=[N+](CCCCS(=O)(=O)[O-])c3c(ccc4ccccc34)C2(C)C)C(C)(C)c2ccc3ccccc3c21)C(=O)O. The second-order valence-electron chi connectivity index (χ2n) is 35.3. The number of aliphatic hydroxyl groups excluding tert-OH is 5. The van der Waals surface area contributed by atoms with Gasteiger partial charge in [0.25, 0.3) is 0 Å². The van der Waals surface area contributed by atoms with Crippen LogP contribution in [0.25, 0.3) is 21.5 Å². The number of aliphatic carboxylic acids is 1. The van der Waals surface area contributed by atoms with E-state index in [1.54, 1.807) is 44.2 Å². The molecule has 0 aromatic heterocycles. The van der Waals surface area contributed by atoms with E-state index in [9.17, 15) is 100.0 Å². The second kappa shape index (κ2) is 45.0. The highest BCUT2D eigenvalue weighted by Crippen LogP contribution is 2.53. The van der Waals surface area contributed by atoms with Crippen molar-refractivity contribution in [3.8, 4) is 0 Å². The third kappa shape index (κ3) is 26.5. The lowest BCUT2D eigenvalue weighted by Gasteiger charge is -2.50. The summed E-state index contributed by atoms with van der Waals surface area (Å²) in [5.41, 5.74) is 0.225. The van der Waals surface area contributed by atoms with Crippen molar-refractivity contribution in [3.63, 3.8) is 0 Å². The molecule has 1 saturated heterocycles. The third-order valence-corrected chi connectivity index (χ3v) is 26.4. The van der Waals surface area contributed by atoms with E-state index in [0.717, 1.165) is 55.5 Å². The van der Waals surface area contributed by atoms with Crippen molar-refractivity contribution in [1.82, 2.24) is 52.6 Å². The molecule has 0 radical (unpaired) electrons. The Morgan fingerprint density at radius 1 is 0.516 bits per heavy atom. The zero-order chi connectivity index (χ0) is 94.4. The van der Waals surface area contributed by atoms with E-state index in [4.69, 9.17) is 4.74 Å². The smallest absolute Gasteiger partial charge is 0.326 e. The van der Waals surface area contributed by atoms with Gasteiger partial charge in [0.15, 0.2) is 24.0 Å². The Bertz CT molecular complexity index is 5320. The summed E-state index contributed by atoms with van der Waals surface area (Å²) in [6, 6.07) is 27.4. The molecule has 0 saturated carbocycles. The van der Waals surface area contributed by atoms with E-state index < -0.39 is 188 Å². The maximum Gasteiger partial charge on any atom is 0.326 e. The molecule has 0 bridgehead atoms. The minimum absolute atomic E-state index is 0.0139. The molecule has 696 valence electrons. The van der Waals surface area contributed by atoms with E-state index in [-0.39, 0.29) is 68.7 Å². The van der Waals surface area contributed by atoms with Crippen molar-refractivity contribution in [2.24, 2.45) is 22.2 Å². The fraction of sp³-hybridized carbons (Fsp3) is 0.500. The topological polar surface area (TPSA) is 519 Å². The molecular weight excluding hydrogens is 1690 g/mol. The van der Waals surface area contributed by atoms with Crippen molar-refractivity contribution in [2.45, 2.75) is 207 Å². The number of carbonyl (C=O) groups excluding carboxylic acids is 9. The first kappa shape index (κ1) is 103. The fourth-order valence-corrected chi connectivity index (χ4v) is 18.1. The van der Waals surface area contributed by atoms with Crippen LogP contribution in [0.15, 0.2) is 152 Å². The number of carbonyl (C=O) groups is 10. The summed E-state index contributed by atoms with van der Waals surface area (Å²) in [6.07, 6.45) is 8.91. The zero-order valence-corrected chi connectivity index (χ0v) is 76.2. The largest absolute Gasteiger partial charge is 0.748 e. The van der Waals surface area contributed by atoms with E-state index in [1.165, 1.54) is 41.5 Å². The van der Waals surface area contributed by atoms with E-state index in [2.05, 4.69) is 150 Å². The quantitative estimate of drug-likeness (QED) is 0.0114. The van der Waals surface area contributed by atoms with Gasteiger partial charge in [-0.2, -0.15) is 9.15 Å². The number of fused-ring (bicyclic) bond motifs is 6. The first-order valence-electron chi connectivity index (χ1n) is 43.0. The summed E-state index contributed by atoms with van der Waals surface area (Å²) < 4.78 is 73.3. The number of carboxylic acids is 1. The van der Waals surface area contributed by atoms with Crippen molar-refractivity contribution in [3.05, 3.63) is 168 Å². The van der Waals surface area contributed by atoms with Crippen LogP contribution in [0.3, 0.4) is 0 Å². The molecule has 1 fully saturated rings. The molecule has 10 atom stereocenters. The molecular formula is C92H125N12O22S2+. The van der Waals surface area contributed by atoms with Crippen molar-refractivity contribution in [1.29, 1.82) is 0 Å². The first-order valence-corrected chi connectivity index (χ1v) is 46.2. The summed E-state index contributed by atoms with van der Waals surface area (Å²) in [4.78, 5) is 137. The van der Waals surface area contributed by atoms with Crippen LogP contribution in [0.2, 0.25) is 0 Å². The van der Waals surface area contributed by atoms with Crippen LogP contribution in [0.1, 0.15) is 151 Å². The standard InChI is InChI=1S/C92H124N12O22S2/c1-57(2)50-67(101-81(113)68(51-59-32-18-17-19-33-59)100-73(108)56-96-86(119)91(10,11)92(12,90(8,9)85(118)95-52-58(3)105)87(120)97-53-71(106)93-54-74(109)102-75-78(110)79(111)84(117)126-83(75)116)80(112)94-55-72(107)99-66(82(114)115)38-26-27-45-98-127(121,122)48-30-28-46-103-69(88(4,5)64-43-41-60-34-22-24-36-62(60)76(64)103)39-20-15-13-14-16-21-40-70-89(6,7)65-44-42-61-35-23-25-37-63(61)77(65)104(70)47-29-31-49-128(123,124)125/h13-25,32-37,39-44,57-58,66-68,75,78-79,83-84,98,105,110-111,116-117H,26-31,38,45-56H2,1-12H3,(H9-2,93,94,95,96,97,99,100,101,102,106,107,108,109,112,113,114,115,118,119,120,123,124,125)/p+1/b15-13+,16-14+,39-20+,40-21+. The number of aliphatic hydroxyl groups is 5. The highest BCUT2D eigenvalue weighted by molar-refractivity contribution is 7.89. The molecule has 0 aliphatic carbocycles. The molecule has 5 aromatic rings. The molecule has 34 nitrogen and oxygen atoms in total. The summed E-state index contributed by atoms with van der Waals surface area (Å²) >= 11 is 0. The number of rotatable bonds is 47. The summed E-state index contributed by atoms with van der Waals surface area (Å²) in [7, 11) is -8.14. The number of benzene rings is 5. The van der Waals surface area contributed by atoms with Gasteiger partial charge in [-0.25, -0.2) is 26.4 Å². The van der Waals surface area contributed by atoms with E-state index >= 15 is 0 Å². The van der Waals surface area contributed by atoms with Crippen LogP contribution in [-0.4, -0.2) is 251 Å². The number of allylic oxidation sites excluding steroid dienone is 8. The number of hydrogen-bond donors (Lipinski definition) is 16. The molecule has 9 amide bonds. The molecule has 3 aliphatic rings. The lowest BCUT2D eigenvalue weighted by atomic mass is 9.52. The van der Waals surface area contributed by atoms with E-state index in [0.29, 0.717) is 37.9 Å². The molecule has 0 spiro atoms. The minimum Gasteiger partial charge on any atom is -0.748 e. The van der Waals surface area contributed by atoms with Gasteiger partial charge in [-0.3, -0.25) is 43.2 Å². The van der Waals surface area contributed by atoms with Gasteiger partial charge in [0.2, 0.25) is 74.6 Å². The molecule has 10 unspecified atom stereocenters. The number of ether oxygens (including phenoxy) is 1. The van der Waals surface area contributed by atoms with E-state index in [1.807, 2.05) is 60.7 Å². The normalized spacial score (nSPS) is 19.0. The van der Waals surface area contributed by atoms with Gasteiger partial charge in [0, 0.05) is 61.4 Å². The van der Waals surface area contributed by atoms with Crippen LogP contribution in [0.5, 0.6) is 0 Å². The fourth-order valence-electron chi connectivity index (χ4n) is 16.3. The first-order chi connectivity index (χ1) is 60.1.